The van der Waals surface area contributed by atoms with E-state index >= 15 is 0 Å². The van der Waals surface area contributed by atoms with Gasteiger partial charge in [0.1, 0.15) is 12.7 Å². The van der Waals surface area contributed by atoms with Crippen molar-refractivity contribution in [2.24, 2.45) is 4.99 Å². The van der Waals surface area contributed by atoms with E-state index in [1.807, 2.05) is 0 Å². The molecule has 0 saturated carbocycles. The predicted octanol–water partition coefficient (Wildman–Crippen LogP) is 3.42. The minimum Gasteiger partial charge on any atom is -0.476 e. The molecule has 0 unspecified atom stereocenters. The van der Waals surface area contributed by atoms with Gasteiger partial charge in [0.05, 0.1) is 5.54 Å². The molecule has 3 nitrogen and oxygen atoms in total. The summed E-state index contributed by atoms with van der Waals surface area (Å²) in [5.41, 5.74) is 2.02. The zero-order valence-electron chi connectivity index (χ0n) is 12.1. The van der Waals surface area contributed by atoms with Crippen LogP contribution in [-0.2, 0) is 9.47 Å². The maximum absolute atomic E-state index is 6.00. The highest BCUT2D eigenvalue weighted by Gasteiger charge is 2.62. The molecule has 2 aliphatic heterocycles. The first-order valence-electron chi connectivity index (χ1n) is 6.94. The average Bonchev–Trinajstić information content (AvgIpc) is 3.01. The van der Waals surface area contributed by atoms with E-state index in [0.29, 0.717) is 6.61 Å². The van der Waals surface area contributed by atoms with Gasteiger partial charge in [-0.15, -0.1) is 0 Å². The van der Waals surface area contributed by atoms with Crippen molar-refractivity contribution < 1.29 is 9.47 Å². The number of rotatable bonds is 3. The van der Waals surface area contributed by atoms with Gasteiger partial charge in [-0.25, -0.2) is 4.99 Å². The van der Waals surface area contributed by atoms with E-state index < -0.39 is 0 Å². The molecule has 0 aliphatic carbocycles. The van der Waals surface area contributed by atoms with Crippen LogP contribution in [0.15, 0.2) is 29.3 Å². The molecule has 3 heteroatoms. The summed E-state index contributed by atoms with van der Waals surface area (Å²) in [5.74, 6) is 0.783. The summed E-state index contributed by atoms with van der Waals surface area (Å²) in [7, 11) is 0. The van der Waals surface area contributed by atoms with Crippen molar-refractivity contribution in [3.8, 4) is 0 Å². The fourth-order valence-electron chi connectivity index (χ4n) is 2.64. The highest BCUT2D eigenvalue weighted by atomic mass is 16.6. The van der Waals surface area contributed by atoms with Gasteiger partial charge in [-0.05, 0) is 32.8 Å². The van der Waals surface area contributed by atoms with Crippen LogP contribution >= 0.6 is 0 Å². The molecule has 1 fully saturated rings. The van der Waals surface area contributed by atoms with Crippen LogP contribution in [0.4, 0.5) is 0 Å². The van der Waals surface area contributed by atoms with Crippen LogP contribution < -0.4 is 0 Å². The second-order valence-electron chi connectivity index (χ2n) is 6.17. The molecule has 0 amide bonds. The topological polar surface area (TPSA) is 34.1 Å². The lowest BCUT2D eigenvalue weighted by molar-refractivity contribution is 0.244. The van der Waals surface area contributed by atoms with Gasteiger partial charge in [0.25, 0.3) is 0 Å². The van der Waals surface area contributed by atoms with Crippen molar-refractivity contribution in [3.63, 3.8) is 0 Å². The van der Waals surface area contributed by atoms with Gasteiger partial charge in [-0.2, -0.15) is 0 Å². The van der Waals surface area contributed by atoms with Gasteiger partial charge in [-0.1, -0.05) is 36.8 Å². The Bertz CT molecular complexity index is 518. The second-order valence-corrected chi connectivity index (χ2v) is 6.17. The van der Waals surface area contributed by atoms with Crippen LogP contribution in [0.1, 0.15) is 44.4 Å². The van der Waals surface area contributed by atoms with Crippen molar-refractivity contribution in [1.82, 2.24) is 0 Å². The van der Waals surface area contributed by atoms with Crippen LogP contribution in [-0.4, -0.2) is 23.6 Å². The first kappa shape index (κ1) is 12.7. The normalized spacial score (nSPS) is 31.8. The predicted molar refractivity (Wildman–Crippen MR) is 75.5 cm³/mol. The lowest BCUT2D eigenvalue weighted by Crippen LogP contribution is -2.25. The molecule has 102 valence electrons. The Labute approximate surface area is 114 Å². The molecular weight excluding hydrogens is 238 g/mol. The molecule has 0 bridgehead atoms. The number of aryl methyl sites for hydroxylation is 1. The summed E-state index contributed by atoms with van der Waals surface area (Å²) >= 11 is 0. The molecule has 1 saturated heterocycles. The zero-order valence-corrected chi connectivity index (χ0v) is 12.1. The van der Waals surface area contributed by atoms with Gasteiger partial charge in [0.15, 0.2) is 5.60 Å². The fourth-order valence-corrected chi connectivity index (χ4v) is 2.64. The number of nitrogens with zero attached hydrogens (tertiary/aromatic N) is 1. The summed E-state index contributed by atoms with van der Waals surface area (Å²) in [4.78, 5) is 4.69. The van der Waals surface area contributed by atoms with Gasteiger partial charge < -0.3 is 9.47 Å². The number of epoxide rings is 1. The summed E-state index contributed by atoms with van der Waals surface area (Å²) in [6.07, 6.45) is 0.978. The third kappa shape index (κ3) is 2.06. The molecule has 0 radical (unpaired) electrons. The first-order chi connectivity index (χ1) is 8.97. The van der Waals surface area contributed by atoms with E-state index in [-0.39, 0.29) is 17.2 Å². The van der Waals surface area contributed by atoms with Crippen LogP contribution in [0, 0.1) is 6.92 Å². The maximum atomic E-state index is 6.00. The van der Waals surface area contributed by atoms with Crippen LogP contribution in [0.5, 0.6) is 0 Å². The number of aliphatic imine (C=N–C) groups is 1. The molecule has 1 aromatic rings. The van der Waals surface area contributed by atoms with E-state index in [4.69, 9.17) is 9.47 Å². The van der Waals surface area contributed by atoms with Crippen LogP contribution in [0.25, 0.3) is 0 Å². The van der Waals surface area contributed by atoms with Crippen molar-refractivity contribution in [3.05, 3.63) is 35.4 Å². The third-order valence-electron chi connectivity index (χ3n) is 3.93. The Morgan fingerprint density at radius 3 is 2.47 bits per heavy atom. The molecule has 2 aliphatic rings. The van der Waals surface area contributed by atoms with E-state index in [2.05, 4.69) is 57.0 Å². The maximum Gasteiger partial charge on any atom is 0.220 e. The van der Waals surface area contributed by atoms with Gasteiger partial charge in [0, 0.05) is 0 Å². The van der Waals surface area contributed by atoms with E-state index in [9.17, 15) is 0 Å². The standard InChI is InChI=1S/C16H21NO2/c1-5-16(14-17-15(3,4)10-18-14)13(19-16)12-8-6-11(2)7-9-12/h6-9,13H,5,10H2,1-4H3/t13-,16+/m0/s1. The molecule has 19 heavy (non-hydrogen) atoms. The van der Waals surface area contributed by atoms with Crippen molar-refractivity contribution in [2.75, 3.05) is 6.61 Å². The summed E-state index contributed by atoms with van der Waals surface area (Å²) < 4.78 is 11.8. The highest BCUT2D eigenvalue weighted by Crippen LogP contribution is 2.54. The quantitative estimate of drug-likeness (QED) is 0.779. The number of hydrogen-bond donors (Lipinski definition) is 0. The van der Waals surface area contributed by atoms with Crippen LogP contribution in [0.3, 0.4) is 0 Å². The Hall–Kier alpha value is -1.35. The Morgan fingerprint density at radius 1 is 1.26 bits per heavy atom. The van der Waals surface area contributed by atoms with Gasteiger partial charge in [0.2, 0.25) is 5.90 Å². The number of benzene rings is 1. The zero-order chi connectivity index (χ0) is 13.7. The Balaban J connectivity index is 1.87. The minimum absolute atomic E-state index is 0.0887. The molecule has 0 N–H and O–H groups in total. The molecule has 1 aromatic carbocycles. The van der Waals surface area contributed by atoms with Gasteiger partial charge in [-0.3, -0.25) is 0 Å². The van der Waals surface area contributed by atoms with E-state index in [1.54, 1.807) is 0 Å². The lowest BCUT2D eigenvalue weighted by atomic mass is 9.96. The van der Waals surface area contributed by atoms with Crippen molar-refractivity contribution in [2.45, 2.75) is 51.4 Å². The van der Waals surface area contributed by atoms with Crippen molar-refractivity contribution in [1.29, 1.82) is 0 Å². The van der Waals surface area contributed by atoms with E-state index in [0.717, 1.165) is 12.3 Å². The molecule has 2 atom stereocenters. The third-order valence-corrected chi connectivity index (χ3v) is 3.93. The average molecular weight is 259 g/mol. The summed E-state index contributed by atoms with van der Waals surface area (Å²) in [5, 5.41) is 0. The van der Waals surface area contributed by atoms with Crippen molar-refractivity contribution >= 4 is 5.90 Å². The monoisotopic (exact) mass is 259 g/mol. The Morgan fingerprint density at radius 2 is 1.95 bits per heavy atom. The van der Waals surface area contributed by atoms with Gasteiger partial charge >= 0.3 is 0 Å². The van der Waals surface area contributed by atoms with Crippen LogP contribution in [0.2, 0.25) is 0 Å². The number of hydrogen-bond acceptors (Lipinski definition) is 3. The molecule has 0 aromatic heterocycles. The SMILES string of the molecule is CC[C@@]1(C2=NC(C)(C)CO2)O[C@H]1c1ccc(C)cc1. The first-order valence-corrected chi connectivity index (χ1v) is 6.94. The lowest BCUT2D eigenvalue weighted by Gasteiger charge is -2.10. The molecule has 2 heterocycles. The molecular formula is C16H21NO2. The smallest absolute Gasteiger partial charge is 0.220 e. The second kappa shape index (κ2) is 4.07. The highest BCUT2D eigenvalue weighted by molar-refractivity contribution is 5.90. The largest absolute Gasteiger partial charge is 0.476 e. The molecule has 0 spiro atoms. The summed E-state index contributed by atoms with van der Waals surface area (Å²) in [6, 6.07) is 8.52. The molecule has 3 rings (SSSR count). The van der Waals surface area contributed by atoms with E-state index in [1.165, 1.54) is 11.1 Å². The fraction of sp³-hybridized carbons (Fsp3) is 0.562. The minimum atomic E-state index is -0.330. The Kier molecular flexibility index (Phi) is 2.72. The number of ether oxygens (including phenoxy) is 2. The summed E-state index contributed by atoms with van der Waals surface area (Å²) in [6.45, 7) is 9.05.